The largest absolute Gasteiger partial charge is 0.509 e. The number of fused-ring (bicyclic) bond motifs is 4. The third kappa shape index (κ3) is 11.2. The average Bonchev–Trinajstić information content (AvgIpc) is 4.06. The van der Waals surface area contributed by atoms with E-state index >= 15 is 0 Å². The van der Waals surface area contributed by atoms with E-state index in [0.717, 1.165) is 62.4 Å². The van der Waals surface area contributed by atoms with Gasteiger partial charge >= 0.3 is 0 Å². The molecule has 410 valence electrons. The van der Waals surface area contributed by atoms with Gasteiger partial charge in [-0.05, 0) is 120 Å². The van der Waals surface area contributed by atoms with E-state index in [1.807, 2.05) is 18.3 Å². The molecule has 10 aromatic rings. The van der Waals surface area contributed by atoms with Crippen molar-refractivity contribution in [1.29, 1.82) is 0 Å². The van der Waals surface area contributed by atoms with Gasteiger partial charge in [-0.15, -0.1) is 48.1 Å². The average molecular weight is 1230 g/mol. The van der Waals surface area contributed by atoms with Gasteiger partial charge in [-0.2, -0.15) is 12.1 Å². The van der Waals surface area contributed by atoms with E-state index in [-0.39, 0.29) is 42.7 Å². The van der Waals surface area contributed by atoms with Crippen LogP contribution in [0.25, 0.3) is 61.0 Å². The molecule has 0 radical (unpaired) electrons. The Morgan fingerprint density at radius 1 is 0.487 bits per heavy atom. The first-order valence-corrected chi connectivity index (χ1v) is 28.2. The van der Waals surface area contributed by atoms with Crippen LogP contribution in [0.15, 0.2) is 176 Å². The van der Waals surface area contributed by atoms with E-state index in [1.54, 1.807) is 0 Å². The van der Waals surface area contributed by atoms with Crippen LogP contribution in [0.4, 0.5) is 22.7 Å². The number of para-hydroxylation sites is 3. The summed E-state index contributed by atoms with van der Waals surface area (Å²) in [5, 5.41) is 2.21. The third-order valence-corrected chi connectivity index (χ3v) is 15.5. The number of rotatable bonds is 10. The van der Waals surface area contributed by atoms with E-state index in [9.17, 15) is 0 Å². The van der Waals surface area contributed by atoms with Gasteiger partial charge in [0.15, 0.2) is 0 Å². The summed E-state index contributed by atoms with van der Waals surface area (Å²) in [6.45, 7) is 34.6. The maximum atomic E-state index is 6.85. The first kappa shape index (κ1) is 56.1. The second-order valence-corrected chi connectivity index (χ2v) is 26.3. The Morgan fingerprint density at radius 2 is 1.04 bits per heavy atom. The molecule has 0 aliphatic carbocycles. The summed E-state index contributed by atoms with van der Waals surface area (Å²) in [5.74, 6) is 2.56. The first-order chi connectivity index (χ1) is 37.5. The number of pyridine rings is 1. The van der Waals surface area contributed by atoms with Gasteiger partial charge in [0.1, 0.15) is 5.82 Å². The quantitative estimate of drug-likeness (QED) is 0.128. The zero-order chi connectivity index (χ0) is 55.8. The Hall–Kier alpha value is -7.20. The van der Waals surface area contributed by atoms with Gasteiger partial charge in [0.05, 0.1) is 0 Å². The van der Waals surface area contributed by atoms with Crippen molar-refractivity contribution in [3.63, 3.8) is 0 Å². The predicted molar refractivity (Wildman–Crippen MR) is 334 cm³/mol. The fraction of sp³-hybridized carbons (Fsp3) is 0.270. The van der Waals surface area contributed by atoms with E-state index in [0.29, 0.717) is 17.4 Å². The Morgan fingerprint density at radius 3 is 1.61 bits per heavy atom. The minimum absolute atomic E-state index is 0. The van der Waals surface area contributed by atoms with Crippen LogP contribution in [0.5, 0.6) is 11.5 Å². The van der Waals surface area contributed by atoms with Crippen molar-refractivity contribution < 1.29 is 25.8 Å². The molecular formula is C74H75N4OPt-3. The number of aromatic nitrogens is 2. The summed E-state index contributed by atoms with van der Waals surface area (Å²) in [5.41, 5.74) is 19.4. The summed E-state index contributed by atoms with van der Waals surface area (Å²) in [6, 6.07) is 69.6. The molecule has 0 saturated heterocycles. The minimum atomic E-state index is -0.0621. The van der Waals surface area contributed by atoms with Gasteiger partial charge in [0, 0.05) is 72.5 Å². The van der Waals surface area contributed by atoms with Crippen LogP contribution >= 0.6 is 0 Å². The summed E-state index contributed by atoms with van der Waals surface area (Å²) in [7, 11) is 0. The van der Waals surface area contributed by atoms with E-state index in [1.165, 1.54) is 55.6 Å². The maximum absolute atomic E-state index is 6.85. The molecule has 80 heavy (non-hydrogen) atoms. The van der Waals surface area contributed by atoms with Crippen LogP contribution in [-0.4, -0.2) is 9.55 Å². The molecule has 0 fully saturated rings. The van der Waals surface area contributed by atoms with Crippen LogP contribution in [0.2, 0.25) is 0 Å². The molecule has 0 N–H and O–H groups in total. The molecule has 0 atom stereocenters. The summed E-state index contributed by atoms with van der Waals surface area (Å²) < 4.78 is 9.09. The number of hydrogen-bond donors (Lipinski definition) is 0. The molecule has 1 aliphatic heterocycles. The van der Waals surface area contributed by atoms with Crippen LogP contribution < -0.4 is 14.5 Å². The van der Waals surface area contributed by atoms with E-state index < -0.39 is 0 Å². The van der Waals surface area contributed by atoms with Gasteiger partial charge in [0.2, 0.25) is 0 Å². The number of ether oxygens (including phenoxy) is 1. The molecule has 0 bridgehead atoms. The zero-order valence-corrected chi connectivity index (χ0v) is 51.4. The van der Waals surface area contributed by atoms with Crippen molar-refractivity contribution in [2.45, 2.75) is 125 Å². The molecule has 1 aliphatic rings. The van der Waals surface area contributed by atoms with Gasteiger partial charge in [-0.1, -0.05) is 212 Å². The second-order valence-electron chi connectivity index (χ2n) is 26.3. The van der Waals surface area contributed by atoms with Crippen LogP contribution in [0.1, 0.15) is 125 Å². The first-order valence-electron chi connectivity index (χ1n) is 28.2. The molecule has 0 unspecified atom stereocenters. The smallest absolute Gasteiger partial charge is 0.135 e. The summed E-state index contributed by atoms with van der Waals surface area (Å²) in [4.78, 5) is 9.64. The Balaban J connectivity index is 0.00000720. The van der Waals surface area contributed by atoms with Crippen molar-refractivity contribution in [3.05, 3.63) is 223 Å². The van der Waals surface area contributed by atoms with Crippen molar-refractivity contribution in [3.8, 4) is 50.7 Å². The van der Waals surface area contributed by atoms with Crippen molar-refractivity contribution in [1.82, 2.24) is 9.55 Å². The van der Waals surface area contributed by atoms with Gasteiger partial charge < -0.3 is 19.1 Å². The topological polar surface area (TPSA) is 33.5 Å². The summed E-state index contributed by atoms with van der Waals surface area (Å²) in [6.07, 6.45) is 2.89. The predicted octanol–water partition coefficient (Wildman–Crippen LogP) is 20.4. The number of anilines is 4. The summed E-state index contributed by atoms with van der Waals surface area (Å²) >= 11 is 0. The molecular weight excluding hydrogens is 1160 g/mol. The van der Waals surface area contributed by atoms with Crippen LogP contribution in [-0.2, 0) is 49.1 Å². The normalized spacial score (nSPS) is 13.1. The van der Waals surface area contributed by atoms with Crippen molar-refractivity contribution in [2.75, 3.05) is 9.80 Å². The van der Waals surface area contributed by atoms with Gasteiger partial charge in [0.25, 0.3) is 0 Å². The van der Waals surface area contributed by atoms with Gasteiger partial charge in [-0.3, -0.25) is 0 Å². The van der Waals surface area contributed by atoms with E-state index in [4.69, 9.17) is 9.72 Å². The second kappa shape index (κ2) is 21.4. The minimum Gasteiger partial charge on any atom is -0.509 e. The number of nitrogens with zero attached hydrogens (tertiary/aromatic N) is 4. The zero-order valence-electron chi connectivity index (χ0n) is 49.1. The standard InChI is InChI=1S/C74H75N4O.Pt/c1-48(2)36-49-34-35-75-69(37-49)78-65-33-30-51(50-22-16-15-17-23-50)42-64(65)63-32-31-60(46-68(63)78)79-59-25-20-24-58(45-59)76-47-77(67-29-19-18-28-66(67)76)70-61(52-38-54(71(3,4)5)43-55(39-52)72(6,7)8)26-21-27-62(70)53-40-56(73(9,10)11)44-57(41-53)74(12,13)14;/h15-35,37-44,47-48H,36H2,1-14H3;/q-3;. The Labute approximate surface area is 491 Å². The Bertz CT molecular complexity index is 3760. The molecule has 0 saturated carbocycles. The van der Waals surface area contributed by atoms with Crippen molar-refractivity contribution in [2.24, 2.45) is 5.92 Å². The van der Waals surface area contributed by atoms with Gasteiger partial charge in [-0.25, -0.2) is 4.98 Å². The number of hydrogen-bond acceptors (Lipinski definition) is 4. The van der Waals surface area contributed by atoms with Crippen LogP contribution in [0.3, 0.4) is 0 Å². The molecule has 0 amide bonds. The molecule has 3 heterocycles. The molecule has 11 rings (SSSR count). The number of benzene rings is 8. The molecule has 2 aromatic heterocycles. The molecule has 0 spiro atoms. The SMILES string of the molecule is CC(C)Cc1ccnc(-n2c3[c-]c(Oc4[c-]c(N5[CH-]N(c6c(-c7cc(C(C)(C)C)cc(C(C)(C)C)c7)cccc6-c6cc(C(C)(C)C)cc(C(C)(C)C)c6)c6ccccc65)ccc4)ccc3c3cc(-c4ccccc4)ccc32)c1.[Pt]. The molecule has 5 nitrogen and oxygen atoms in total. The molecule has 6 heteroatoms. The fourth-order valence-corrected chi connectivity index (χ4v) is 11.0. The van der Waals surface area contributed by atoms with Crippen molar-refractivity contribution >= 4 is 44.6 Å². The van der Waals surface area contributed by atoms with E-state index in [2.05, 4.69) is 288 Å². The third-order valence-electron chi connectivity index (χ3n) is 15.5. The van der Waals surface area contributed by atoms with Crippen LogP contribution in [0, 0.1) is 24.7 Å². The fourth-order valence-electron chi connectivity index (χ4n) is 11.0. The monoisotopic (exact) mass is 1230 g/mol. The maximum Gasteiger partial charge on any atom is 0.135 e. The Kier molecular flexibility index (Phi) is 15.0. The molecule has 8 aromatic carbocycles.